The zero-order valence-electron chi connectivity index (χ0n) is 13.5. The Morgan fingerprint density at radius 3 is 2.70 bits per heavy atom. The second kappa shape index (κ2) is 9.00. The lowest BCUT2D eigenvalue weighted by Crippen LogP contribution is -2.29. The number of rotatable bonds is 8. The highest BCUT2D eigenvalue weighted by molar-refractivity contribution is 7.85. The maximum Gasteiger partial charge on any atom is 0.264 e. The molecule has 7 heteroatoms. The number of nitrogens with zero attached hydrogens (tertiary/aromatic N) is 2. The van der Waals surface area contributed by atoms with Crippen LogP contribution in [-0.2, 0) is 20.8 Å². The van der Waals surface area contributed by atoms with Gasteiger partial charge in [-0.2, -0.15) is 8.42 Å². The Morgan fingerprint density at radius 1 is 1.22 bits per heavy atom. The highest BCUT2D eigenvalue weighted by Gasteiger charge is 2.10. The molecule has 1 aromatic rings. The SMILES string of the molecule is CS(=O)(=O)OC/C=C\COc1cc(CN2CCCCC2)ccn1. The number of hydrogen-bond donors (Lipinski definition) is 0. The van der Waals surface area contributed by atoms with E-state index in [4.69, 9.17) is 4.74 Å². The molecule has 1 saturated heterocycles. The molecule has 0 radical (unpaired) electrons. The molecule has 0 aliphatic carbocycles. The predicted octanol–water partition coefficient (Wildman–Crippen LogP) is 1.98. The van der Waals surface area contributed by atoms with Crippen LogP contribution in [0.4, 0.5) is 0 Å². The average molecular weight is 340 g/mol. The molecule has 2 rings (SSSR count). The second-order valence-electron chi connectivity index (χ2n) is 5.61. The molecule has 0 unspecified atom stereocenters. The van der Waals surface area contributed by atoms with Gasteiger partial charge in [-0.05, 0) is 43.6 Å². The Kier molecular flexibility index (Phi) is 7.01. The van der Waals surface area contributed by atoms with E-state index in [2.05, 4.69) is 14.1 Å². The lowest BCUT2D eigenvalue weighted by molar-refractivity contribution is 0.220. The van der Waals surface area contributed by atoms with Gasteiger partial charge in [-0.1, -0.05) is 12.5 Å². The van der Waals surface area contributed by atoms with Gasteiger partial charge in [0.2, 0.25) is 5.88 Å². The molecule has 128 valence electrons. The standard InChI is InChI=1S/C16H24N2O4S/c1-23(19,20)22-12-6-5-11-21-16-13-15(7-8-17-16)14-18-9-3-2-4-10-18/h5-8,13H,2-4,9-12,14H2,1H3/b6-5-. The highest BCUT2D eigenvalue weighted by Crippen LogP contribution is 2.15. The molecule has 0 bridgehead atoms. The Balaban J connectivity index is 1.75. The van der Waals surface area contributed by atoms with Gasteiger partial charge < -0.3 is 4.74 Å². The molecular formula is C16H24N2O4S. The quantitative estimate of drug-likeness (QED) is 0.532. The number of ether oxygens (including phenoxy) is 1. The topological polar surface area (TPSA) is 68.7 Å². The molecule has 0 spiro atoms. The second-order valence-corrected chi connectivity index (χ2v) is 7.25. The molecule has 0 amide bonds. The number of likely N-dealkylation sites (tertiary alicyclic amines) is 1. The first-order valence-electron chi connectivity index (χ1n) is 7.82. The Bertz CT molecular complexity index is 610. The van der Waals surface area contributed by atoms with Gasteiger partial charge in [-0.25, -0.2) is 4.98 Å². The highest BCUT2D eigenvalue weighted by atomic mass is 32.2. The van der Waals surface area contributed by atoms with Crippen LogP contribution in [0.1, 0.15) is 24.8 Å². The zero-order valence-corrected chi connectivity index (χ0v) is 14.3. The van der Waals surface area contributed by atoms with Crippen molar-refractivity contribution in [2.24, 2.45) is 0 Å². The first kappa shape index (κ1) is 17.9. The Morgan fingerprint density at radius 2 is 1.96 bits per heavy atom. The van der Waals surface area contributed by atoms with Crippen molar-refractivity contribution in [3.05, 3.63) is 36.0 Å². The lowest BCUT2D eigenvalue weighted by Gasteiger charge is -2.26. The van der Waals surface area contributed by atoms with Crippen molar-refractivity contribution in [2.45, 2.75) is 25.8 Å². The monoisotopic (exact) mass is 340 g/mol. The van der Waals surface area contributed by atoms with Crippen molar-refractivity contribution in [1.29, 1.82) is 0 Å². The van der Waals surface area contributed by atoms with E-state index >= 15 is 0 Å². The lowest BCUT2D eigenvalue weighted by atomic mass is 10.1. The zero-order chi connectivity index (χ0) is 16.5. The molecule has 1 fully saturated rings. The smallest absolute Gasteiger partial charge is 0.264 e. The molecular weight excluding hydrogens is 316 g/mol. The number of piperidine rings is 1. The molecule has 23 heavy (non-hydrogen) atoms. The van der Waals surface area contributed by atoms with Gasteiger partial charge in [-0.15, -0.1) is 0 Å². The minimum absolute atomic E-state index is 0.0185. The number of aromatic nitrogens is 1. The molecule has 0 N–H and O–H groups in total. The molecule has 1 aliphatic heterocycles. The van der Waals surface area contributed by atoms with Crippen molar-refractivity contribution in [3.8, 4) is 5.88 Å². The van der Waals surface area contributed by atoms with E-state index in [9.17, 15) is 8.42 Å². The van der Waals surface area contributed by atoms with Crippen LogP contribution in [0.3, 0.4) is 0 Å². The van der Waals surface area contributed by atoms with Crippen LogP contribution in [-0.4, -0.2) is 50.9 Å². The van der Waals surface area contributed by atoms with Crippen molar-refractivity contribution in [3.63, 3.8) is 0 Å². The largest absolute Gasteiger partial charge is 0.473 e. The summed E-state index contributed by atoms with van der Waals surface area (Å²) < 4.78 is 31.7. The van der Waals surface area contributed by atoms with Crippen LogP contribution in [0, 0.1) is 0 Å². The van der Waals surface area contributed by atoms with E-state index in [1.807, 2.05) is 12.1 Å². The summed E-state index contributed by atoms with van der Waals surface area (Å²) in [5.74, 6) is 0.577. The molecule has 0 saturated carbocycles. The Hall–Kier alpha value is -1.44. The molecule has 0 atom stereocenters. The maximum absolute atomic E-state index is 10.8. The van der Waals surface area contributed by atoms with Gasteiger partial charge in [0.05, 0.1) is 12.9 Å². The average Bonchev–Trinajstić information content (AvgIpc) is 2.51. The van der Waals surface area contributed by atoms with Crippen LogP contribution < -0.4 is 4.74 Å². The first-order chi connectivity index (χ1) is 11.0. The van der Waals surface area contributed by atoms with E-state index in [0.717, 1.165) is 25.9 Å². The fourth-order valence-electron chi connectivity index (χ4n) is 2.44. The normalized spacial score (nSPS) is 16.7. The van der Waals surface area contributed by atoms with E-state index in [1.165, 1.54) is 24.8 Å². The summed E-state index contributed by atoms with van der Waals surface area (Å²) in [7, 11) is -3.39. The Labute approximate surface area is 138 Å². The van der Waals surface area contributed by atoms with Crippen LogP contribution in [0.25, 0.3) is 0 Å². The van der Waals surface area contributed by atoms with Gasteiger partial charge in [0, 0.05) is 18.8 Å². The van der Waals surface area contributed by atoms with Gasteiger partial charge in [0.25, 0.3) is 10.1 Å². The van der Waals surface area contributed by atoms with Gasteiger partial charge >= 0.3 is 0 Å². The van der Waals surface area contributed by atoms with Crippen molar-refractivity contribution < 1.29 is 17.3 Å². The number of pyridine rings is 1. The van der Waals surface area contributed by atoms with Crippen LogP contribution in [0.5, 0.6) is 5.88 Å². The minimum Gasteiger partial charge on any atom is -0.473 e. The molecule has 1 aliphatic rings. The van der Waals surface area contributed by atoms with Crippen LogP contribution >= 0.6 is 0 Å². The maximum atomic E-state index is 10.8. The van der Waals surface area contributed by atoms with E-state index in [1.54, 1.807) is 18.3 Å². The van der Waals surface area contributed by atoms with E-state index in [0.29, 0.717) is 12.5 Å². The summed E-state index contributed by atoms with van der Waals surface area (Å²) in [6.07, 6.45) is 9.98. The summed E-state index contributed by atoms with van der Waals surface area (Å²) in [6, 6.07) is 3.96. The summed E-state index contributed by atoms with van der Waals surface area (Å²) in [4.78, 5) is 6.64. The number of hydrogen-bond acceptors (Lipinski definition) is 6. The summed E-state index contributed by atoms with van der Waals surface area (Å²) in [5, 5.41) is 0. The van der Waals surface area contributed by atoms with Crippen LogP contribution in [0.2, 0.25) is 0 Å². The predicted molar refractivity (Wildman–Crippen MR) is 88.8 cm³/mol. The van der Waals surface area contributed by atoms with Crippen molar-refractivity contribution in [2.75, 3.05) is 32.6 Å². The first-order valence-corrected chi connectivity index (χ1v) is 9.64. The third kappa shape index (κ3) is 7.58. The van der Waals surface area contributed by atoms with Crippen molar-refractivity contribution in [1.82, 2.24) is 9.88 Å². The molecule has 6 nitrogen and oxygen atoms in total. The van der Waals surface area contributed by atoms with E-state index in [-0.39, 0.29) is 6.61 Å². The molecule has 1 aromatic heterocycles. The minimum atomic E-state index is -3.39. The molecule has 0 aromatic carbocycles. The fourth-order valence-corrected chi connectivity index (χ4v) is 2.76. The van der Waals surface area contributed by atoms with Gasteiger partial charge in [0.1, 0.15) is 6.61 Å². The third-order valence-corrected chi connectivity index (χ3v) is 4.09. The van der Waals surface area contributed by atoms with E-state index < -0.39 is 10.1 Å². The summed E-state index contributed by atoms with van der Waals surface area (Å²) >= 11 is 0. The van der Waals surface area contributed by atoms with Crippen LogP contribution in [0.15, 0.2) is 30.5 Å². The summed E-state index contributed by atoms with van der Waals surface area (Å²) in [5.41, 5.74) is 1.20. The van der Waals surface area contributed by atoms with Gasteiger partial charge in [-0.3, -0.25) is 9.08 Å². The summed E-state index contributed by atoms with van der Waals surface area (Å²) in [6.45, 7) is 3.58. The van der Waals surface area contributed by atoms with Gasteiger partial charge in [0.15, 0.2) is 0 Å². The third-order valence-electron chi connectivity index (χ3n) is 3.53. The molecule has 2 heterocycles. The van der Waals surface area contributed by atoms with Crippen molar-refractivity contribution >= 4 is 10.1 Å². The fraction of sp³-hybridized carbons (Fsp3) is 0.562.